The number of nitrogens with zero attached hydrogens (tertiary/aromatic N) is 1. The second kappa shape index (κ2) is 3.46. The average Bonchev–Trinajstić information content (AvgIpc) is 2.57. The molecule has 1 aromatic rings. The van der Waals surface area contributed by atoms with Gasteiger partial charge in [-0.1, -0.05) is 11.6 Å². The normalized spacial score (nSPS) is 15.9. The zero-order valence-corrected chi connectivity index (χ0v) is 8.01. The Balaban J connectivity index is 2.32. The van der Waals surface area contributed by atoms with Crippen LogP contribution in [0, 0.1) is 5.82 Å². The molecular formula is C9H8ClFN2O. The molecule has 1 aliphatic rings. The van der Waals surface area contributed by atoms with Gasteiger partial charge in [0.15, 0.2) is 0 Å². The highest BCUT2D eigenvalue weighted by molar-refractivity contribution is 6.30. The summed E-state index contributed by atoms with van der Waals surface area (Å²) in [5.41, 5.74) is 0.530. The molecule has 0 radical (unpaired) electrons. The molecule has 2 amide bonds. The Morgan fingerprint density at radius 1 is 1.50 bits per heavy atom. The van der Waals surface area contributed by atoms with E-state index >= 15 is 0 Å². The van der Waals surface area contributed by atoms with Crippen LogP contribution < -0.4 is 10.2 Å². The van der Waals surface area contributed by atoms with Gasteiger partial charge in [-0.3, -0.25) is 4.90 Å². The van der Waals surface area contributed by atoms with Crippen molar-refractivity contribution in [3.63, 3.8) is 0 Å². The highest BCUT2D eigenvalue weighted by atomic mass is 35.5. The number of hydrogen-bond donors (Lipinski definition) is 1. The fraction of sp³-hybridized carbons (Fsp3) is 0.222. The third kappa shape index (κ3) is 1.53. The molecule has 14 heavy (non-hydrogen) atoms. The van der Waals surface area contributed by atoms with Crippen LogP contribution in [0.3, 0.4) is 0 Å². The van der Waals surface area contributed by atoms with E-state index < -0.39 is 5.82 Å². The van der Waals surface area contributed by atoms with Crippen LogP contribution >= 0.6 is 11.6 Å². The van der Waals surface area contributed by atoms with Crippen LogP contribution in [0.2, 0.25) is 5.02 Å². The number of benzene rings is 1. The van der Waals surface area contributed by atoms with Gasteiger partial charge < -0.3 is 5.32 Å². The third-order valence-electron chi connectivity index (χ3n) is 2.07. The van der Waals surface area contributed by atoms with Crippen LogP contribution in [0.4, 0.5) is 14.9 Å². The molecule has 0 atom stereocenters. The Bertz CT molecular complexity index is 383. The summed E-state index contributed by atoms with van der Waals surface area (Å²) in [6.07, 6.45) is 0. The van der Waals surface area contributed by atoms with E-state index in [9.17, 15) is 9.18 Å². The van der Waals surface area contributed by atoms with Gasteiger partial charge in [0.25, 0.3) is 0 Å². The van der Waals surface area contributed by atoms with E-state index in [0.717, 1.165) is 0 Å². The predicted octanol–water partition coefficient (Wildman–Crippen LogP) is 2.01. The first-order chi connectivity index (χ1) is 6.68. The molecule has 1 aliphatic heterocycles. The SMILES string of the molecule is O=C1NCCN1c1ccc(Cl)c(F)c1. The minimum atomic E-state index is -0.510. The van der Waals surface area contributed by atoms with Crippen LogP contribution in [0.5, 0.6) is 0 Å². The summed E-state index contributed by atoms with van der Waals surface area (Å²) in [5, 5.41) is 2.70. The number of amides is 2. The summed E-state index contributed by atoms with van der Waals surface area (Å²) >= 11 is 5.53. The molecule has 74 valence electrons. The minimum Gasteiger partial charge on any atom is -0.336 e. The Morgan fingerprint density at radius 2 is 2.29 bits per heavy atom. The Labute approximate surface area is 85.5 Å². The minimum absolute atomic E-state index is 0.0633. The molecule has 0 aliphatic carbocycles. The topological polar surface area (TPSA) is 32.3 Å². The molecule has 2 rings (SSSR count). The summed E-state index contributed by atoms with van der Waals surface area (Å²) in [6.45, 7) is 1.14. The van der Waals surface area contributed by atoms with Crippen molar-refractivity contribution in [3.05, 3.63) is 29.0 Å². The van der Waals surface area contributed by atoms with Crippen LogP contribution in [0.1, 0.15) is 0 Å². The maximum atomic E-state index is 13.1. The lowest BCUT2D eigenvalue weighted by Gasteiger charge is -2.14. The second-order valence-electron chi connectivity index (χ2n) is 2.98. The summed E-state index contributed by atoms with van der Waals surface area (Å²) in [6, 6.07) is 4.12. The quantitative estimate of drug-likeness (QED) is 0.762. The van der Waals surface area contributed by atoms with Crippen molar-refractivity contribution in [1.82, 2.24) is 5.32 Å². The number of urea groups is 1. The van der Waals surface area contributed by atoms with Gasteiger partial charge >= 0.3 is 6.03 Å². The lowest BCUT2D eigenvalue weighted by molar-refractivity contribution is 0.252. The van der Waals surface area contributed by atoms with E-state index in [-0.39, 0.29) is 11.1 Å². The fourth-order valence-corrected chi connectivity index (χ4v) is 1.49. The second-order valence-corrected chi connectivity index (χ2v) is 3.39. The van der Waals surface area contributed by atoms with Crippen molar-refractivity contribution in [2.45, 2.75) is 0 Å². The number of halogens is 2. The molecule has 1 saturated heterocycles. The molecule has 0 unspecified atom stereocenters. The highest BCUT2D eigenvalue weighted by Crippen LogP contribution is 2.22. The predicted molar refractivity (Wildman–Crippen MR) is 52.2 cm³/mol. The Morgan fingerprint density at radius 3 is 2.86 bits per heavy atom. The Kier molecular flexibility index (Phi) is 2.29. The maximum absolute atomic E-state index is 13.1. The average molecular weight is 215 g/mol. The number of anilines is 1. The molecule has 1 heterocycles. The summed E-state index contributed by atoms with van der Waals surface area (Å²) in [5.74, 6) is -0.510. The van der Waals surface area contributed by atoms with Gasteiger partial charge in [-0.25, -0.2) is 9.18 Å². The molecule has 0 saturated carbocycles. The van der Waals surface area contributed by atoms with E-state index in [0.29, 0.717) is 18.8 Å². The van der Waals surface area contributed by atoms with Crippen molar-refractivity contribution in [1.29, 1.82) is 0 Å². The van der Waals surface area contributed by atoms with Crippen LogP contribution in [-0.2, 0) is 0 Å². The van der Waals surface area contributed by atoms with Gasteiger partial charge in [0.2, 0.25) is 0 Å². The van der Waals surface area contributed by atoms with Gasteiger partial charge in [0, 0.05) is 18.8 Å². The first-order valence-electron chi connectivity index (χ1n) is 4.19. The maximum Gasteiger partial charge on any atom is 0.321 e. The molecule has 3 nitrogen and oxygen atoms in total. The fourth-order valence-electron chi connectivity index (χ4n) is 1.37. The van der Waals surface area contributed by atoms with E-state index in [1.165, 1.54) is 17.0 Å². The molecule has 5 heteroatoms. The van der Waals surface area contributed by atoms with Crippen molar-refractivity contribution in [2.75, 3.05) is 18.0 Å². The summed E-state index contributed by atoms with van der Waals surface area (Å²) in [7, 11) is 0. The van der Waals surface area contributed by atoms with Crippen molar-refractivity contribution >= 4 is 23.3 Å². The Hall–Kier alpha value is -1.29. The smallest absolute Gasteiger partial charge is 0.321 e. The highest BCUT2D eigenvalue weighted by Gasteiger charge is 2.21. The molecule has 1 N–H and O–H groups in total. The zero-order valence-electron chi connectivity index (χ0n) is 7.26. The summed E-state index contributed by atoms with van der Waals surface area (Å²) < 4.78 is 13.1. The first-order valence-corrected chi connectivity index (χ1v) is 4.57. The molecule has 0 spiro atoms. The van der Waals surface area contributed by atoms with E-state index in [1.807, 2.05) is 0 Å². The number of nitrogens with one attached hydrogen (secondary N) is 1. The van der Waals surface area contributed by atoms with Crippen molar-refractivity contribution in [2.24, 2.45) is 0 Å². The lowest BCUT2D eigenvalue weighted by atomic mass is 10.3. The van der Waals surface area contributed by atoms with Gasteiger partial charge in [-0.2, -0.15) is 0 Å². The van der Waals surface area contributed by atoms with Crippen molar-refractivity contribution < 1.29 is 9.18 Å². The zero-order chi connectivity index (χ0) is 10.1. The van der Waals surface area contributed by atoms with E-state index in [4.69, 9.17) is 11.6 Å². The molecule has 1 fully saturated rings. The number of rotatable bonds is 1. The number of carbonyl (C=O) groups is 1. The lowest BCUT2D eigenvalue weighted by Crippen LogP contribution is -2.27. The largest absolute Gasteiger partial charge is 0.336 e. The summed E-state index contributed by atoms with van der Waals surface area (Å²) in [4.78, 5) is 12.7. The van der Waals surface area contributed by atoms with Crippen LogP contribution in [0.15, 0.2) is 18.2 Å². The van der Waals surface area contributed by atoms with Crippen molar-refractivity contribution in [3.8, 4) is 0 Å². The third-order valence-corrected chi connectivity index (χ3v) is 2.38. The number of carbonyl (C=O) groups excluding carboxylic acids is 1. The molecule has 0 bridgehead atoms. The van der Waals surface area contributed by atoms with E-state index in [2.05, 4.69) is 5.32 Å². The van der Waals surface area contributed by atoms with Gasteiger partial charge in [0.05, 0.1) is 5.02 Å². The van der Waals surface area contributed by atoms with E-state index in [1.54, 1.807) is 6.07 Å². The molecular weight excluding hydrogens is 207 g/mol. The van der Waals surface area contributed by atoms with Crippen LogP contribution in [0.25, 0.3) is 0 Å². The monoisotopic (exact) mass is 214 g/mol. The molecule has 1 aromatic carbocycles. The van der Waals surface area contributed by atoms with Gasteiger partial charge in [0.1, 0.15) is 5.82 Å². The van der Waals surface area contributed by atoms with Crippen LogP contribution in [-0.4, -0.2) is 19.1 Å². The standard InChI is InChI=1S/C9H8ClFN2O/c10-7-2-1-6(5-8(7)11)13-4-3-12-9(13)14/h1-2,5H,3-4H2,(H,12,14). The van der Waals surface area contributed by atoms with Gasteiger partial charge in [-0.05, 0) is 18.2 Å². The first kappa shape index (κ1) is 9.27. The number of hydrogen-bond acceptors (Lipinski definition) is 1. The van der Waals surface area contributed by atoms with Gasteiger partial charge in [-0.15, -0.1) is 0 Å². The molecule has 0 aromatic heterocycles.